The minimum atomic E-state index is -0.302. The number of fused-ring (bicyclic) bond motifs is 1. The van der Waals surface area contributed by atoms with Crippen molar-refractivity contribution in [3.63, 3.8) is 0 Å². The summed E-state index contributed by atoms with van der Waals surface area (Å²) in [6, 6.07) is 13.8. The van der Waals surface area contributed by atoms with E-state index in [1.807, 2.05) is 18.2 Å². The molecule has 1 aromatic carbocycles. The summed E-state index contributed by atoms with van der Waals surface area (Å²) in [5, 5.41) is 7.72. The fourth-order valence-electron chi connectivity index (χ4n) is 3.07. The summed E-state index contributed by atoms with van der Waals surface area (Å²) in [6.45, 7) is 2.36. The SMILES string of the molecule is O=C(OCC1CCN(c2ccccc2)C1)c1ccc2nncn2c1. The molecule has 1 aliphatic heterocycles. The molecule has 24 heavy (non-hydrogen) atoms. The van der Waals surface area contributed by atoms with E-state index >= 15 is 0 Å². The smallest absolute Gasteiger partial charge is 0.339 e. The molecule has 1 unspecified atom stereocenters. The Morgan fingerprint density at radius 3 is 2.96 bits per heavy atom. The molecule has 0 amide bonds. The first kappa shape index (κ1) is 14.7. The quantitative estimate of drug-likeness (QED) is 0.690. The third kappa shape index (κ3) is 2.95. The maximum atomic E-state index is 12.2. The normalized spacial score (nSPS) is 17.3. The lowest BCUT2D eigenvalue weighted by molar-refractivity contribution is 0.0450. The number of aromatic nitrogens is 3. The summed E-state index contributed by atoms with van der Waals surface area (Å²) in [7, 11) is 0. The Hall–Kier alpha value is -2.89. The van der Waals surface area contributed by atoms with Crippen molar-refractivity contribution in [3.8, 4) is 0 Å². The Labute approximate surface area is 139 Å². The van der Waals surface area contributed by atoms with Crippen molar-refractivity contribution in [2.45, 2.75) is 6.42 Å². The number of carbonyl (C=O) groups excluding carboxylic acids is 1. The Morgan fingerprint density at radius 1 is 1.21 bits per heavy atom. The van der Waals surface area contributed by atoms with Crippen LogP contribution in [0.5, 0.6) is 0 Å². The van der Waals surface area contributed by atoms with Gasteiger partial charge in [0.05, 0.1) is 12.2 Å². The van der Waals surface area contributed by atoms with Crippen molar-refractivity contribution in [3.05, 3.63) is 60.6 Å². The third-order valence-corrected chi connectivity index (χ3v) is 4.38. The van der Waals surface area contributed by atoms with Gasteiger partial charge >= 0.3 is 5.97 Å². The molecule has 2 aromatic heterocycles. The highest BCUT2D eigenvalue weighted by molar-refractivity contribution is 5.89. The number of rotatable bonds is 4. The number of pyridine rings is 1. The number of nitrogens with zero attached hydrogens (tertiary/aromatic N) is 4. The first-order chi connectivity index (χ1) is 11.8. The minimum Gasteiger partial charge on any atom is -0.462 e. The summed E-state index contributed by atoms with van der Waals surface area (Å²) in [6.07, 6.45) is 4.30. The highest BCUT2D eigenvalue weighted by Gasteiger charge is 2.24. The van der Waals surface area contributed by atoms with Gasteiger partial charge in [0, 0.05) is 30.9 Å². The van der Waals surface area contributed by atoms with Crippen LogP contribution < -0.4 is 4.90 Å². The van der Waals surface area contributed by atoms with Gasteiger partial charge in [0.25, 0.3) is 0 Å². The van der Waals surface area contributed by atoms with Crippen molar-refractivity contribution in [1.29, 1.82) is 0 Å². The van der Waals surface area contributed by atoms with Gasteiger partial charge in [-0.25, -0.2) is 4.79 Å². The van der Waals surface area contributed by atoms with Crippen LogP contribution in [-0.4, -0.2) is 40.3 Å². The zero-order valence-corrected chi connectivity index (χ0v) is 13.2. The van der Waals surface area contributed by atoms with Gasteiger partial charge in [0.1, 0.15) is 6.33 Å². The van der Waals surface area contributed by atoms with E-state index in [-0.39, 0.29) is 5.97 Å². The molecule has 122 valence electrons. The Morgan fingerprint density at radius 2 is 2.08 bits per heavy atom. The number of para-hydroxylation sites is 1. The van der Waals surface area contributed by atoms with Crippen LogP contribution in [0.1, 0.15) is 16.8 Å². The van der Waals surface area contributed by atoms with Crippen LogP contribution in [0.15, 0.2) is 55.0 Å². The van der Waals surface area contributed by atoms with Gasteiger partial charge in [-0.05, 0) is 30.7 Å². The van der Waals surface area contributed by atoms with Crippen molar-refractivity contribution in [2.24, 2.45) is 5.92 Å². The average Bonchev–Trinajstić information content (AvgIpc) is 3.29. The maximum absolute atomic E-state index is 12.2. The molecule has 3 heterocycles. The molecule has 0 N–H and O–H groups in total. The average molecular weight is 322 g/mol. The molecule has 0 aliphatic carbocycles. The van der Waals surface area contributed by atoms with Crippen LogP contribution in [0.2, 0.25) is 0 Å². The highest BCUT2D eigenvalue weighted by Crippen LogP contribution is 2.23. The molecule has 0 radical (unpaired) electrons. The molecular formula is C18H18N4O2. The van der Waals surface area contributed by atoms with Crippen LogP contribution in [-0.2, 0) is 4.74 Å². The van der Waals surface area contributed by atoms with Gasteiger partial charge in [-0.15, -0.1) is 10.2 Å². The van der Waals surface area contributed by atoms with Crippen LogP contribution in [0, 0.1) is 5.92 Å². The van der Waals surface area contributed by atoms with E-state index in [2.05, 4.69) is 27.2 Å². The molecular weight excluding hydrogens is 304 g/mol. The van der Waals surface area contributed by atoms with Gasteiger partial charge in [-0.3, -0.25) is 4.40 Å². The van der Waals surface area contributed by atoms with Gasteiger partial charge in [-0.2, -0.15) is 0 Å². The van der Waals surface area contributed by atoms with Gasteiger partial charge < -0.3 is 9.64 Å². The molecule has 3 aromatic rings. The largest absolute Gasteiger partial charge is 0.462 e. The third-order valence-electron chi connectivity index (χ3n) is 4.38. The molecule has 6 heteroatoms. The van der Waals surface area contributed by atoms with Crippen LogP contribution in [0.25, 0.3) is 5.65 Å². The molecule has 0 spiro atoms. The number of ether oxygens (including phenoxy) is 1. The lowest BCUT2D eigenvalue weighted by atomic mass is 10.1. The molecule has 1 saturated heterocycles. The predicted molar refractivity (Wildman–Crippen MR) is 90.0 cm³/mol. The Kier molecular flexibility index (Phi) is 3.86. The van der Waals surface area contributed by atoms with E-state index in [1.165, 1.54) is 5.69 Å². The monoisotopic (exact) mass is 322 g/mol. The second-order valence-corrected chi connectivity index (χ2v) is 6.05. The zero-order valence-electron chi connectivity index (χ0n) is 13.2. The number of hydrogen-bond acceptors (Lipinski definition) is 5. The lowest BCUT2D eigenvalue weighted by Crippen LogP contribution is -2.22. The summed E-state index contributed by atoms with van der Waals surface area (Å²) in [5.74, 6) is 0.0663. The van der Waals surface area contributed by atoms with Crippen molar-refractivity contribution < 1.29 is 9.53 Å². The first-order valence-corrected chi connectivity index (χ1v) is 8.06. The fraction of sp³-hybridized carbons (Fsp3) is 0.278. The van der Waals surface area contributed by atoms with Crippen LogP contribution in [0.3, 0.4) is 0 Å². The number of anilines is 1. The summed E-state index contributed by atoms with van der Waals surface area (Å²) < 4.78 is 7.21. The first-order valence-electron chi connectivity index (χ1n) is 8.06. The number of esters is 1. The van der Waals surface area contributed by atoms with E-state index < -0.39 is 0 Å². The van der Waals surface area contributed by atoms with Gasteiger partial charge in [-0.1, -0.05) is 18.2 Å². The lowest BCUT2D eigenvalue weighted by Gasteiger charge is -2.18. The second-order valence-electron chi connectivity index (χ2n) is 6.05. The zero-order chi connectivity index (χ0) is 16.4. The van der Waals surface area contributed by atoms with Gasteiger partial charge in [0.2, 0.25) is 0 Å². The van der Waals surface area contributed by atoms with E-state index in [0.717, 1.165) is 19.5 Å². The van der Waals surface area contributed by atoms with E-state index in [9.17, 15) is 4.79 Å². The number of benzene rings is 1. The van der Waals surface area contributed by atoms with Crippen LogP contribution in [0.4, 0.5) is 5.69 Å². The molecule has 4 rings (SSSR count). The summed E-state index contributed by atoms with van der Waals surface area (Å²) in [4.78, 5) is 14.6. The van der Waals surface area contributed by atoms with Gasteiger partial charge in [0.15, 0.2) is 5.65 Å². The number of carbonyl (C=O) groups is 1. The summed E-state index contributed by atoms with van der Waals surface area (Å²) in [5.41, 5.74) is 2.45. The van der Waals surface area contributed by atoms with Crippen molar-refractivity contribution in [1.82, 2.24) is 14.6 Å². The topological polar surface area (TPSA) is 59.7 Å². The fourth-order valence-corrected chi connectivity index (χ4v) is 3.07. The minimum absolute atomic E-state index is 0.302. The Bertz CT molecular complexity index is 846. The maximum Gasteiger partial charge on any atom is 0.339 e. The molecule has 1 atom stereocenters. The van der Waals surface area contributed by atoms with E-state index in [1.54, 1.807) is 29.1 Å². The Balaban J connectivity index is 1.34. The molecule has 1 aliphatic rings. The van der Waals surface area contributed by atoms with Crippen LogP contribution >= 0.6 is 0 Å². The summed E-state index contributed by atoms with van der Waals surface area (Å²) >= 11 is 0. The molecule has 0 bridgehead atoms. The molecule has 6 nitrogen and oxygen atoms in total. The number of hydrogen-bond donors (Lipinski definition) is 0. The molecule has 0 saturated carbocycles. The van der Waals surface area contributed by atoms with Crippen molar-refractivity contribution >= 4 is 17.3 Å². The van der Waals surface area contributed by atoms with E-state index in [4.69, 9.17) is 4.74 Å². The second kappa shape index (κ2) is 6.31. The highest BCUT2D eigenvalue weighted by atomic mass is 16.5. The molecule has 1 fully saturated rings. The van der Waals surface area contributed by atoms with Crippen molar-refractivity contribution in [2.75, 3.05) is 24.6 Å². The standard InChI is InChI=1S/C18H18N4O2/c23-18(15-6-7-17-20-19-13-22(17)11-15)24-12-14-8-9-21(10-14)16-4-2-1-3-5-16/h1-7,11,13-14H,8-10,12H2. The predicted octanol–water partition coefficient (Wildman–Crippen LogP) is 2.41. The van der Waals surface area contributed by atoms with E-state index in [0.29, 0.717) is 23.7 Å².